The molecule has 4 nitrogen and oxygen atoms in total. The number of aromatic nitrogens is 1. The smallest absolute Gasteiger partial charge is 0.220 e. The van der Waals surface area contributed by atoms with Crippen LogP contribution in [0.15, 0.2) is 48.8 Å². The SMILES string of the molecule is COc1ccc(CCNC(=O)CCc2cccnc2)cc1. The summed E-state index contributed by atoms with van der Waals surface area (Å²) in [4.78, 5) is 15.8. The molecule has 0 spiro atoms. The van der Waals surface area contributed by atoms with Gasteiger partial charge in [-0.05, 0) is 42.2 Å². The maximum absolute atomic E-state index is 11.8. The van der Waals surface area contributed by atoms with Crippen molar-refractivity contribution in [2.24, 2.45) is 0 Å². The van der Waals surface area contributed by atoms with Crippen LogP contribution in [0.1, 0.15) is 17.5 Å². The fraction of sp³-hybridized carbons (Fsp3) is 0.294. The molecule has 0 fully saturated rings. The number of nitrogens with one attached hydrogen (secondary N) is 1. The standard InChI is InChI=1S/C17H20N2O2/c1-21-16-7-4-14(5-8-16)10-12-19-17(20)9-6-15-3-2-11-18-13-15/h2-5,7-8,11,13H,6,9-10,12H2,1H3,(H,19,20). The molecule has 0 aliphatic heterocycles. The lowest BCUT2D eigenvalue weighted by molar-refractivity contribution is -0.121. The second kappa shape index (κ2) is 8.04. The van der Waals surface area contributed by atoms with Crippen molar-refractivity contribution in [3.8, 4) is 5.75 Å². The second-order valence-corrected chi connectivity index (χ2v) is 4.81. The van der Waals surface area contributed by atoms with Crippen molar-refractivity contribution in [3.05, 3.63) is 59.9 Å². The van der Waals surface area contributed by atoms with Gasteiger partial charge in [0.2, 0.25) is 5.91 Å². The molecule has 0 aliphatic rings. The summed E-state index contributed by atoms with van der Waals surface area (Å²) in [6, 6.07) is 11.8. The lowest BCUT2D eigenvalue weighted by atomic mass is 10.1. The first-order valence-electron chi connectivity index (χ1n) is 7.06. The van der Waals surface area contributed by atoms with Crippen LogP contribution in [0, 0.1) is 0 Å². The third kappa shape index (κ3) is 5.26. The summed E-state index contributed by atoms with van der Waals surface area (Å²) in [5.41, 5.74) is 2.27. The number of ether oxygens (including phenoxy) is 1. The van der Waals surface area contributed by atoms with Gasteiger partial charge in [-0.3, -0.25) is 9.78 Å². The van der Waals surface area contributed by atoms with E-state index < -0.39 is 0 Å². The van der Waals surface area contributed by atoms with Gasteiger partial charge in [0, 0.05) is 25.4 Å². The Morgan fingerprint density at radius 1 is 1.14 bits per heavy atom. The monoisotopic (exact) mass is 284 g/mol. The molecule has 4 heteroatoms. The molecule has 110 valence electrons. The van der Waals surface area contributed by atoms with Gasteiger partial charge < -0.3 is 10.1 Å². The molecule has 0 saturated carbocycles. The van der Waals surface area contributed by atoms with E-state index in [2.05, 4.69) is 10.3 Å². The van der Waals surface area contributed by atoms with E-state index >= 15 is 0 Å². The minimum atomic E-state index is 0.0763. The van der Waals surface area contributed by atoms with Gasteiger partial charge >= 0.3 is 0 Å². The summed E-state index contributed by atoms with van der Waals surface area (Å²) >= 11 is 0. The predicted molar refractivity (Wildman–Crippen MR) is 82.3 cm³/mol. The largest absolute Gasteiger partial charge is 0.497 e. The molecule has 21 heavy (non-hydrogen) atoms. The van der Waals surface area contributed by atoms with E-state index in [-0.39, 0.29) is 5.91 Å². The average molecular weight is 284 g/mol. The Kier molecular flexibility index (Phi) is 5.76. The minimum absolute atomic E-state index is 0.0763. The molecule has 1 aromatic carbocycles. The highest BCUT2D eigenvalue weighted by molar-refractivity contribution is 5.76. The Balaban J connectivity index is 1.66. The second-order valence-electron chi connectivity index (χ2n) is 4.81. The number of hydrogen-bond donors (Lipinski definition) is 1. The number of hydrogen-bond acceptors (Lipinski definition) is 3. The Morgan fingerprint density at radius 3 is 2.62 bits per heavy atom. The van der Waals surface area contributed by atoms with E-state index in [0.717, 1.165) is 24.2 Å². The molecule has 1 N–H and O–H groups in total. The van der Waals surface area contributed by atoms with Crippen molar-refractivity contribution in [1.29, 1.82) is 0 Å². The van der Waals surface area contributed by atoms with E-state index in [1.807, 2.05) is 36.4 Å². The van der Waals surface area contributed by atoms with E-state index in [1.54, 1.807) is 19.5 Å². The van der Waals surface area contributed by atoms with Crippen LogP contribution in [0.3, 0.4) is 0 Å². The Labute approximate surface area is 125 Å². The third-order valence-electron chi connectivity index (χ3n) is 3.26. The summed E-state index contributed by atoms with van der Waals surface area (Å²) in [5, 5.41) is 2.94. The predicted octanol–water partition coefficient (Wildman–Crippen LogP) is 2.38. The van der Waals surface area contributed by atoms with Crippen molar-refractivity contribution in [1.82, 2.24) is 10.3 Å². The van der Waals surface area contributed by atoms with E-state index in [0.29, 0.717) is 13.0 Å². The van der Waals surface area contributed by atoms with E-state index in [4.69, 9.17) is 4.74 Å². The van der Waals surface area contributed by atoms with Crippen molar-refractivity contribution in [2.45, 2.75) is 19.3 Å². The van der Waals surface area contributed by atoms with Crippen molar-refractivity contribution in [2.75, 3.05) is 13.7 Å². The van der Waals surface area contributed by atoms with Gasteiger partial charge in [-0.1, -0.05) is 18.2 Å². The quantitative estimate of drug-likeness (QED) is 0.849. The van der Waals surface area contributed by atoms with Crippen LogP contribution in [0.25, 0.3) is 0 Å². The summed E-state index contributed by atoms with van der Waals surface area (Å²) < 4.78 is 5.11. The molecular formula is C17H20N2O2. The summed E-state index contributed by atoms with van der Waals surface area (Å²) in [6.45, 7) is 0.651. The lowest BCUT2D eigenvalue weighted by Crippen LogP contribution is -2.25. The van der Waals surface area contributed by atoms with Gasteiger partial charge in [0.25, 0.3) is 0 Å². The fourth-order valence-electron chi connectivity index (χ4n) is 2.03. The molecule has 0 unspecified atom stereocenters. The number of nitrogens with zero attached hydrogens (tertiary/aromatic N) is 1. The molecule has 1 heterocycles. The first-order valence-corrected chi connectivity index (χ1v) is 7.06. The Bertz CT molecular complexity index is 553. The number of benzene rings is 1. The molecule has 1 amide bonds. The van der Waals surface area contributed by atoms with Crippen molar-refractivity contribution >= 4 is 5.91 Å². The van der Waals surface area contributed by atoms with Crippen molar-refractivity contribution < 1.29 is 9.53 Å². The molecule has 2 rings (SSSR count). The zero-order chi connectivity index (χ0) is 14.9. The fourth-order valence-corrected chi connectivity index (χ4v) is 2.03. The van der Waals surface area contributed by atoms with Gasteiger partial charge in [-0.2, -0.15) is 0 Å². The molecule has 0 atom stereocenters. The Hall–Kier alpha value is -2.36. The lowest BCUT2D eigenvalue weighted by Gasteiger charge is -2.06. The van der Waals surface area contributed by atoms with Gasteiger partial charge in [0.1, 0.15) is 5.75 Å². The molecule has 0 bridgehead atoms. The number of methoxy groups -OCH3 is 1. The van der Waals surface area contributed by atoms with Crippen LogP contribution in [-0.2, 0) is 17.6 Å². The number of aryl methyl sites for hydroxylation is 1. The number of rotatable bonds is 7. The first kappa shape index (κ1) is 15.0. The topological polar surface area (TPSA) is 51.2 Å². The molecule has 0 aliphatic carbocycles. The number of amides is 1. The van der Waals surface area contributed by atoms with Gasteiger partial charge in [0.15, 0.2) is 0 Å². The average Bonchev–Trinajstić information content (AvgIpc) is 2.54. The number of carbonyl (C=O) groups excluding carboxylic acids is 1. The first-order chi connectivity index (χ1) is 10.3. The molecular weight excluding hydrogens is 264 g/mol. The van der Waals surface area contributed by atoms with Gasteiger partial charge in [-0.15, -0.1) is 0 Å². The maximum atomic E-state index is 11.8. The number of pyridine rings is 1. The normalized spacial score (nSPS) is 10.1. The van der Waals surface area contributed by atoms with Crippen LogP contribution in [-0.4, -0.2) is 24.5 Å². The summed E-state index contributed by atoms with van der Waals surface area (Å²) in [7, 11) is 1.65. The van der Waals surface area contributed by atoms with Gasteiger partial charge in [0.05, 0.1) is 7.11 Å². The minimum Gasteiger partial charge on any atom is -0.497 e. The zero-order valence-corrected chi connectivity index (χ0v) is 12.2. The number of carbonyl (C=O) groups is 1. The van der Waals surface area contributed by atoms with E-state index in [9.17, 15) is 4.79 Å². The molecule has 0 radical (unpaired) electrons. The highest BCUT2D eigenvalue weighted by Gasteiger charge is 2.02. The molecule has 2 aromatic rings. The highest BCUT2D eigenvalue weighted by Crippen LogP contribution is 2.11. The zero-order valence-electron chi connectivity index (χ0n) is 12.2. The van der Waals surface area contributed by atoms with Crippen molar-refractivity contribution in [3.63, 3.8) is 0 Å². The molecule has 1 aromatic heterocycles. The maximum Gasteiger partial charge on any atom is 0.220 e. The Morgan fingerprint density at radius 2 is 1.95 bits per heavy atom. The molecule has 0 saturated heterocycles. The van der Waals surface area contributed by atoms with Crippen LogP contribution in [0.2, 0.25) is 0 Å². The third-order valence-corrected chi connectivity index (χ3v) is 3.26. The van der Waals surface area contributed by atoms with Gasteiger partial charge in [-0.25, -0.2) is 0 Å². The van der Waals surface area contributed by atoms with Crippen LogP contribution in [0.4, 0.5) is 0 Å². The van der Waals surface area contributed by atoms with Crippen LogP contribution < -0.4 is 10.1 Å². The van der Waals surface area contributed by atoms with E-state index in [1.165, 1.54) is 5.56 Å². The summed E-state index contributed by atoms with van der Waals surface area (Å²) in [6.07, 6.45) is 5.57. The highest BCUT2D eigenvalue weighted by atomic mass is 16.5. The van der Waals surface area contributed by atoms with Crippen LogP contribution in [0.5, 0.6) is 5.75 Å². The summed E-state index contributed by atoms with van der Waals surface area (Å²) in [5.74, 6) is 0.923. The van der Waals surface area contributed by atoms with Crippen LogP contribution >= 0.6 is 0 Å².